The zero-order chi connectivity index (χ0) is 28.9. The van der Waals surface area contributed by atoms with Crippen molar-refractivity contribution in [2.75, 3.05) is 13.1 Å². The molecular formula is C31H31FN4O4S. The van der Waals surface area contributed by atoms with Gasteiger partial charge in [-0.3, -0.25) is 4.68 Å². The second-order valence-electron chi connectivity index (χ2n) is 11.4. The van der Waals surface area contributed by atoms with Crippen LogP contribution in [0.2, 0.25) is 0 Å². The van der Waals surface area contributed by atoms with Crippen LogP contribution >= 0.6 is 0 Å². The van der Waals surface area contributed by atoms with E-state index >= 15 is 0 Å². The van der Waals surface area contributed by atoms with Gasteiger partial charge in [-0.1, -0.05) is 30.3 Å². The number of carbonyl (C=O) groups is 1. The highest BCUT2D eigenvalue weighted by atomic mass is 32.2. The number of ether oxygens (including phenoxy) is 1. The van der Waals surface area contributed by atoms with Gasteiger partial charge in [0.25, 0.3) is 10.0 Å². The summed E-state index contributed by atoms with van der Waals surface area (Å²) in [6.07, 6.45) is 4.79. The van der Waals surface area contributed by atoms with E-state index in [1.54, 1.807) is 35.4 Å². The number of fused-ring (bicyclic) bond motifs is 2. The van der Waals surface area contributed by atoms with Crippen LogP contribution < -0.4 is 0 Å². The van der Waals surface area contributed by atoms with Crippen LogP contribution in [0.15, 0.2) is 84.0 Å². The molecule has 0 atom stereocenters. The number of rotatable bonds is 4. The van der Waals surface area contributed by atoms with Crippen LogP contribution in [0.4, 0.5) is 9.18 Å². The molecule has 6 rings (SSSR count). The summed E-state index contributed by atoms with van der Waals surface area (Å²) >= 11 is 0. The van der Waals surface area contributed by atoms with Gasteiger partial charge < -0.3 is 9.64 Å². The van der Waals surface area contributed by atoms with Crippen LogP contribution in [0.25, 0.3) is 32.9 Å². The van der Waals surface area contributed by atoms with E-state index in [-0.39, 0.29) is 22.5 Å². The minimum Gasteiger partial charge on any atom is -0.444 e. The number of aromatic nitrogens is 3. The van der Waals surface area contributed by atoms with Crippen LogP contribution in [0.1, 0.15) is 39.7 Å². The summed E-state index contributed by atoms with van der Waals surface area (Å²) in [7, 11) is -3.95. The fourth-order valence-corrected chi connectivity index (χ4v) is 6.72. The van der Waals surface area contributed by atoms with Crippen molar-refractivity contribution >= 4 is 37.9 Å². The van der Waals surface area contributed by atoms with Gasteiger partial charge in [0, 0.05) is 41.8 Å². The standard InChI is InChI=1S/C31H31FN4O4S/c1-31(2,3)40-30(37)34-15-13-24(14-16-34)35-19-22-10-9-21(17-28(22)33-35)27-20-36(29-18-23(32)11-12-26(27)29)41(38,39)25-7-5-4-6-8-25/h4-12,17-20,24H,13-16H2,1-3H3. The van der Waals surface area contributed by atoms with Gasteiger partial charge in [0.2, 0.25) is 0 Å². The molecule has 0 unspecified atom stereocenters. The quantitative estimate of drug-likeness (QED) is 0.241. The van der Waals surface area contributed by atoms with Crippen molar-refractivity contribution < 1.29 is 22.3 Å². The number of amides is 1. The van der Waals surface area contributed by atoms with Crippen LogP contribution in [-0.2, 0) is 14.8 Å². The Bertz CT molecular complexity index is 1870. The number of carbonyl (C=O) groups excluding carboxylic acids is 1. The molecule has 0 radical (unpaired) electrons. The Morgan fingerprint density at radius 1 is 0.976 bits per heavy atom. The Balaban J connectivity index is 1.31. The molecule has 1 aliphatic rings. The summed E-state index contributed by atoms with van der Waals surface area (Å²) in [6.45, 7) is 6.76. The number of hydrogen-bond acceptors (Lipinski definition) is 5. The van der Waals surface area contributed by atoms with E-state index in [1.807, 2.05) is 49.8 Å². The lowest BCUT2D eigenvalue weighted by Crippen LogP contribution is -2.42. The maximum atomic E-state index is 14.3. The second kappa shape index (κ2) is 10.0. The molecule has 2 aromatic heterocycles. The molecule has 10 heteroatoms. The molecule has 1 saturated heterocycles. The highest BCUT2D eigenvalue weighted by molar-refractivity contribution is 7.90. The normalized spacial score (nSPS) is 15.1. The Labute approximate surface area is 238 Å². The van der Waals surface area contributed by atoms with E-state index < -0.39 is 21.4 Å². The Morgan fingerprint density at radius 3 is 2.41 bits per heavy atom. The summed E-state index contributed by atoms with van der Waals surface area (Å²) in [5.41, 5.74) is 1.96. The number of likely N-dealkylation sites (tertiary alicyclic amines) is 1. The van der Waals surface area contributed by atoms with Gasteiger partial charge in [0.15, 0.2) is 0 Å². The maximum Gasteiger partial charge on any atom is 0.410 e. The monoisotopic (exact) mass is 574 g/mol. The highest BCUT2D eigenvalue weighted by Crippen LogP contribution is 2.35. The van der Waals surface area contributed by atoms with E-state index in [4.69, 9.17) is 9.84 Å². The molecule has 212 valence electrons. The Kier molecular flexibility index (Phi) is 6.60. The molecule has 41 heavy (non-hydrogen) atoms. The first kappa shape index (κ1) is 27.0. The molecule has 0 N–H and O–H groups in total. The highest BCUT2D eigenvalue weighted by Gasteiger charge is 2.28. The van der Waals surface area contributed by atoms with Crippen LogP contribution in [0.5, 0.6) is 0 Å². The summed E-state index contributed by atoms with van der Waals surface area (Å²) in [5.74, 6) is -0.515. The summed E-state index contributed by atoms with van der Waals surface area (Å²) < 4.78 is 50.0. The zero-order valence-electron chi connectivity index (χ0n) is 23.1. The molecule has 1 amide bonds. The fraction of sp³-hybridized carbons (Fsp3) is 0.290. The summed E-state index contributed by atoms with van der Waals surface area (Å²) in [4.78, 5) is 14.3. The molecule has 0 spiro atoms. The molecule has 3 aromatic carbocycles. The lowest BCUT2D eigenvalue weighted by atomic mass is 10.0. The first-order valence-corrected chi connectivity index (χ1v) is 15.0. The van der Waals surface area contributed by atoms with E-state index in [0.29, 0.717) is 24.0 Å². The topological polar surface area (TPSA) is 86.4 Å². The average molecular weight is 575 g/mol. The lowest BCUT2D eigenvalue weighted by molar-refractivity contribution is 0.0185. The average Bonchev–Trinajstić information content (AvgIpc) is 3.54. The lowest BCUT2D eigenvalue weighted by Gasteiger charge is -2.33. The SMILES string of the molecule is CC(C)(C)OC(=O)N1CCC(n2cc3ccc(-c4cn(S(=O)(=O)c5ccccc5)c5cc(F)ccc45)cc3n2)CC1. The molecule has 5 aromatic rings. The van der Waals surface area contributed by atoms with Crippen molar-refractivity contribution in [2.45, 2.75) is 50.2 Å². The van der Waals surface area contributed by atoms with Crippen LogP contribution in [-0.4, -0.2) is 51.9 Å². The van der Waals surface area contributed by atoms with Gasteiger partial charge in [-0.25, -0.2) is 21.6 Å². The molecule has 1 fully saturated rings. The van der Waals surface area contributed by atoms with Crippen molar-refractivity contribution in [3.8, 4) is 11.1 Å². The molecule has 0 bridgehead atoms. The van der Waals surface area contributed by atoms with E-state index in [1.165, 1.54) is 24.3 Å². The van der Waals surface area contributed by atoms with E-state index in [2.05, 4.69) is 0 Å². The number of halogens is 1. The van der Waals surface area contributed by atoms with Gasteiger partial charge in [-0.2, -0.15) is 5.10 Å². The molecular weight excluding hydrogens is 543 g/mol. The Morgan fingerprint density at radius 2 is 1.71 bits per heavy atom. The van der Waals surface area contributed by atoms with Gasteiger partial charge in [-0.15, -0.1) is 0 Å². The fourth-order valence-electron chi connectivity index (χ4n) is 5.34. The largest absolute Gasteiger partial charge is 0.444 e. The van der Waals surface area contributed by atoms with E-state index in [0.717, 1.165) is 33.3 Å². The van der Waals surface area contributed by atoms with Gasteiger partial charge in [0.05, 0.1) is 22.0 Å². The van der Waals surface area contributed by atoms with Gasteiger partial charge in [0.1, 0.15) is 11.4 Å². The van der Waals surface area contributed by atoms with Crippen molar-refractivity contribution in [3.05, 3.63) is 84.9 Å². The molecule has 8 nitrogen and oxygen atoms in total. The number of benzene rings is 3. The third kappa shape index (κ3) is 5.19. The van der Waals surface area contributed by atoms with Gasteiger partial charge >= 0.3 is 6.09 Å². The van der Waals surface area contributed by atoms with Crippen LogP contribution in [0.3, 0.4) is 0 Å². The molecule has 0 saturated carbocycles. The second-order valence-corrected chi connectivity index (χ2v) is 13.2. The first-order chi connectivity index (χ1) is 19.5. The number of piperidine rings is 1. The predicted molar refractivity (Wildman–Crippen MR) is 156 cm³/mol. The summed E-state index contributed by atoms with van der Waals surface area (Å²) in [6, 6.07) is 18.3. The third-order valence-corrected chi connectivity index (χ3v) is 9.05. The van der Waals surface area contributed by atoms with E-state index in [9.17, 15) is 17.6 Å². The van der Waals surface area contributed by atoms with Crippen LogP contribution in [0, 0.1) is 5.82 Å². The first-order valence-electron chi connectivity index (χ1n) is 13.6. The zero-order valence-corrected chi connectivity index (χ0v) is 23.9. The number of hydrogen-bond donors (Lipinski definition) is 0. The van der Waals surface area contributed by atoms with Crippen molar-refractivity contribution in [1.82, 2.24) is 18.7 Å². The molecule has 3 heterocycles. The van der Waals surface area contributed by atoms with Crippen molar-refractivity contribution in [2.24, 2.45) is 0 Å². The smallest absolute Gasteiger partial charge is 0.410 e. The Hall–Kier alpha value is -4.18. The third-order valence-electron chi connectivity index (χ3n) is 7.36. The molecule has 1 aliphatic heterocycles. The van der Waals surface area contributed by atoms with Crippen molar-refractivity contribution in [1.29, 1.82) is 0 Å². The number of nitrogens with zero attached hydrogens (tertiary/aromatic N) is 4. The minimum atomic E-state index is -3.95. The van der Waals surface area contributed by atoms with Crippen molar-refractivity contribution in [3.63, 3.8) is 0 Å². The summed E-state index contributed by atoms with van der Waals surface area (Å²) in [5, 5.41) is 6.42. The van der Waals surface area contributed by atoms with Gasteiger partial charge in [-0.05, 0) is 75.6 Å². The molecule has 0 aliphatic carbocycles. The minimum absolute atomic E-state index is 0.125. The predicted octanol–water partition coefficient (Wildman–Crippen LogP) is 6.61. The maximum absolute atomic E-state index is 14.3.